The van der Waals surface area contributed by atoms with Gasteiger partial charge < -0.3 is 10.6 Å². The lowest BCUT2D eigenvalue weighted by molar-refractivity contribution is -0.134. The quantitative estimate of drug-likeness (QED) is 0.771. The number of likely N-dealkylation sites (tertiary alicyclic amines) is 1. The Morgan fingerprint density at radius 2 is 2.00 bits per heavy atom. The Morgan fingerprint density at radius 1 is 1.40 bits per heavy atom. The molecule has 0 aliphatic carbocycles. The molecule has 0 radical (unpaired) electrons. The van der Waals surface area contributed by atoms with Crippen molar-refractivity contribution in [1.82, 2.24) is 4.90 Å². The molecule has 0 atom stereocenters. The second kappa shape index (κ2) is 4.03. The first-order chi connectivity index (χ1) is 7.15. The highest BCUT2D eigenvalue weighted by Gasteiger charge is 2.27. The van der Waals surface area contributed by atoms with Crippen molar-refractivity contribution in [3.63, 3.8) is 0 Å². The number of nitrogens with two attached hydrogens (primary N) is 1. The fraction of sp³-hybridized carbons (Fsp3) is 0.417. The Balaban J connectivity index is 1.91. The van der Waals surface area contributed by atoms with Crippen LogP contribution in [0.3, 0.4) is 0 Å². The molecule has 3 heteroatoms. The maximum Gasteiger partial charge on any atom is 0.227 e. The summed E-state index contributed by atoms with van der Waals surface area (Å²) < 4.78 is 0. The number of amides is 1. The van der Waals surface area contributed by atoms with Crippen LogP contribution in [0.4, 0.5) is 0 Å². The van der Waals surface area contributed by atoms with E-state index in [0.29, 0.717) is 19.5 Å². The molecule has 0 bridgehead atoms. The second-order valence-corrected chi connectivity index (χ2v) is 4.22. The molecule has 1 aromatic carbocycles. The lowest BCUT2D eigenvalue weighted by atomic mass is 10.1. The van der Waals surface area contributed by atoms with Gasteiger partial charge in [0.1, 0.15) is 0 Å². The molecule has 2 rings (SSSR count). The van der Waals surface area contributed by atoms with Crippen LogP contribution in [0, 0.1) is 6.92 Å². The van der Waals surface area contributed by atoms with Gasteiger partial charge in [-0.1, -0.05) is 29.8 Å². The van der Waals surface area contributed by atoms with Gasteiger partial charge in [0, 0.05) is 19.1 Å². The number of nitrogens with zero attached hydrogens (tertiary/aromatic N) is 1. The van der Waals surface area contributed by atoms with E-state index in [2.05, 4.69) is 0 Å². The minimum atomic E-state index is 0.181. The first kappa shape index (κ1) is 10.2. The number of benzene rings is 1. The van der Waals surface area contributed by atoms with Crippen LogP contribution in [0.15, 0.2) is 24.3 Å². The maximum atomic E-state index is 11.7. The zero-order valence-corrected chi connectivity index (χ0v) is 8.94. The molecule has 0 spiro atoms. The molecule has 3 nitrogen and oxygen atoms in total. The minimum absolute atomic E-state index is 0.181. The Labute approximate surface area is 89.9 Å². The van der Waals surface area contributed by atoms with Crippen molar-refractivity contribution in [3.8, 4) is 0 Å². The minimum Gasteiger partial charge on any atom is -0.339 e. The Kier molecular flexibility index (Phi) is 2.73. The topological polar surface area (TPSA) is 46.3 Å². The SMILES string of the molecule is Cc1ccc(CC(=O)N2CC(N)C2)cc1. The highest BCUT2D eigenvalue weighted by Crippen LogP contribution is 2.10. The summed E-state index contributed by atoms with van der Waals surface area (Å²) in [7, 11) is 0. The molecule has 1 saturated heterocycles. The molecule has 1 amide bonds. The third kappa shape index (κ3) is 2.36. The summed E-state index contributed by atoms with van der Waals surface area (Å²) >= 11 is 0. The van der Waals surface area contributed by atoms with E-state index in [4.69, 9.17) is 5.73 Å². The summed E-state index contributed by atoms with van der Waals surface area (Å²) in [6.07, 6.45) is 0.493. The predicted molar refractivity (Wildman–Crippen MR) is 59.4 cm³/mol. The second-order valence-electron chi connectivity index (χ2n) is 4.22. The summed E-state index contributed by atoms with van der Waals surface area (Å²) in [4.78, 5) is 13.5. The molecular weight excluding hydrogens is 188 g/mol. The molecule has 1 aromatic rings. The average molecular weight is 204 g/mol. The van der Waals surface area contributed by atoms with E-state index in [1.54, 1.807) is 0 Å². The van der Waals surface area contributed by atoms with Crippen molar-refractivity contribution < 1.29 is 4.79 Å². The molecule has 0 unspecified atom stereocenters. The summed E-state index contributed by atoms with van der Waals surface area (Å²) in [6, 6.07) is 8.27. The van der Waals surface area contributed by atoms with E-state index >= 15 is 0 Å². The van der Waals surface area contributed by atoms with E-state index in [-0.39, 0.29) is 11.9 Å². The highest BCUT2D eigenvalue weighted by molar-refractivity contribution is 5.79. The molecule has 1 aliphatic rings. The van der Waals surface area contributed by atoms with Crippen molar-refractivity contribution in [3.05, 3.63) is 35.4 Å². The normalized spacial score (nSPS) is 16.3. The first-order valence-corrected chi connectivity index (χ1v) is 5.24. The van der Waals surface area contributed by atoms with Gasteiger partial charge in [-0.15, -0.1) is 0 Å². The fourth-order valence-electron chi connectivity index (χ4n) is 1.71. The van der Waals surface area contributed by atoms with E-state index in [9.17, 15) is 4.79 Å². The fourth-order valence-corrected chi connectivity index (χ4v) is 1.71. The van der Waals surface area contributed by atoms with Crippen LogP contribution < -0.4 is 5.73 Å². The van der Waals surface area contributed by atoms with Gasteiger partial charge in [0.2, 0.25) is 5.91 Å². The molecule has 1 aliphatic heterocycles. The zero-order valence-electron chi connectivity index (χ0n) is 8.94. The van der Waals surface area contributed by atoms with Gasteiger partial charge in [-0.3, -0.25) is 4.79 Å². The smallest absolute Gasteiger partial charge is 0.227 e. The van der Waals surface area contributed by atoms with Crippen LogP contribution in [-0.2, 0) is 11.2 Å². The predicted octanol–water partition coefficient (Wildman–Crippen LogP) is 0.707. The average Bonchev–Trinajstić information content (AvgIpc) is 2.17. The highest BCUT2D eigenvalue weighted by atomic mass is 16.2. The lowest BCUT2D eigenvalue weighted by Crippen LogP contribution is -2.58. The first-order valence-electron chi connectivity index (χ1n) is 5.24. The number of carbonyl (C=O) groups is 1. The molecule has 15 heavy (non-hydrogen) atoms. The third-order valence-corrected chi connectivity index (χ3v) is 2.74. The monoisotopic (exact) mass is 204 g/mol. The van der Waals surface area contributed by atoms with Crippen LogP contribution in [-0.4, -0.2) is 29.9 Å². The van der Waals surface area contributed by atoms with E-state index in [0.717, 1.165) is 5.56 Å². The lowest BCUT2D eigenvalue weighted by Gasteiger charge is -2.36. The summed E-state index contributed by atoms with van der Waals surface area (Å²) in [6.45, 7) is 3.47. The zero-order chi connectivity index (χ0) is 10.8. The van der Waals surface area contributed by atoms with Gasteiger partial charge in [0.05, 0.1) is 6.42 Å². The van der Waals surface area contributed by atoms with Gasteiger partial charge in [-0.2, -0.15) is 0 Å². The molecule has 1 fully saturated rings. The number of hydrogen-bond acceptors (Lipinski definition) is 2. The summed E-state index contributed by atoms with van der Waals surface area (Å²) in [5.74, 6) is 0.181. The third-order valence-electron chi connectivity index (χ3n) is 2.74. The van der Waals surface area contributed by atoms with E-state index < -0.39 is 0 Å². The maximum absolute atomic E-state index is 11.7. The summed E-state index contributed by atoms with van der Waals surface area (Å²) in [5, 5.41) is 0. The molecule has 0 aromatic heterocycles. The number of aryl methyl sites for hydroxylation is 1. The van der Waals surface area contributed by atoms with Crippen molar-refractivity contribution in [2.24, 2.45) is 5.73 Å². The summed E-state index contributed by atoms with van der Waals surface area (Å²) in [5.41, 5.74) is 7.92. The van der Waals surface area contributed by atoms with Crippen LogP contribution >= 0.6 is 0 Å². The Bertz CT molecular complexity index is 352. The van der Waals surface area contributed by atoms with Gasteiger partial charge >= 0.3 is 0 Å². The number of carbonyl (C=O) groups excluding carboxylic acids is 1. The van der Waals surface area contributed by atoms with Crippen LogP contribution in [0.2, 0.25) is 0 Å². The van der Waals surface area contributed by atoms with E-state index in [1.165, 1.54) is 5.56 Å². The molecule has 2 N–H and O–H groups in total. The Morgan fingerprint density at radius 3 is 2.53 bits per heavy atom. The van der Waals surface area contributed by atoms with Crippen molar-refractivity contribution in [1.29, 1.82) is 0 Å². The van der Waals surface area contributed by atoms with Gasteiger partial charge in [0.25, 0.3) is 0 Å². The van der Waals surface area contributed by atoms with Gasteiger partial charge in [-0.25, -0.2) is 0 Å². The molecule has 0 saturated carbocycles. The van der Waals surface area contributed by atoms with Crippen molar-refractivity contribution >= 4 is 5.91 Å². The van der Waals surface area contributed by atoms with Crippen LogP contribution in [0.1, 0.15) is 11.1 Å². The molecular formula is C12H16N2O. The number of rotatable bonds is 2. The standard InChI is InChI=1S/C12H16N2O/c1-9-2-4-10(5-3-9)6-12(15)14-7-11(13)8-14/h2-5,11H,6-8,13H2,1H3. The molecule has 80 valence electrons. The van der Waals surface area contributed by atoms with Gasteiger partial charge in [-0.05, 0) is 12.5 Å². The largest absolute Gasteiger partial charge is 0.339 e. The van der Waals surface area contributed by atoms with E-state index in [1.807, 2.05) is 36.1 Å². The Hall–Kier alpha value is -1.35. The number of hydrogen-bond donors (Lipinski definition) is 1. The van der Waals surface area contributed by atoms with Crippen molar-refractivity contribution in [2.75, 3.05) is 13.1 Å². The molecule has 1 heterocycles. The van der Waals surface area contributed by atoms with Crippen LogP contribution in [0.5, 0.6) is 0 Å². The van der Waals surface area contributed by atoms with Gasteiger partial charge in [0.15, 0.2) is 0 Å². The van der Waals surface area contributed by atoms with Crippen molar-refractivity contribution in [2.45, 2.75) is 19.4 Å². The van der Waals surface area contributed by atoms with Crippen LogP contribution in [0.25, 0.3) is 0 Å².